The number of nitrogens with one attached hydrogen (secondary N) is 2. The molecule has 0 fully saturated rings. The molecule has 0 unspecified atom stereocenters. The van der Waals surface area contributed by atoms with Crippen molar-refractivity contribution in [2.24, 2.45) is 0 Å². The summed E-state index contributed by atoms with van der Waals surface area (Å²) in [6, 6.07) is 10.5. The van der Waals surface area contributed by atoms with Gasteiger partial charge in [0.1, 0.15) is 12.4 Å². The average molecular weight is 417 g/mol. The van der Waals surface area contributed by atoms with E-state index in [0.29, 0.717) is 36.6 Å². The highest BCUT2D eigenvalue weighted by Crippen LogP contribution is 2.27. The number of likely N-dealkylation sites (N-methyl/N-ethyl adjacent to an activating group) is 1. The van der Waals surface area contributed by atoms with Crippen molar-refractivity contribution in [3.05, 3.63) is 48.0 Å². The van der Waals surface area contributed by atoms with Gasteiger partial charge >= 0.3 is 0 Å². The molecule has 0 spiro atoms. The highest BCUT2D eigenvalue weighted by Gasteiger charge is 2.22. The Kier molecular flexibility index (Phi) is 6.07. The highest BCUT2D eigenvalue weighted by atomic mass is 32.2. The number of hydrogen-bond acceptors (Lipinski definition) is 5. The Morgan fingerprint density at radius 3 is 2.52 bits per heavy atom. The number of hydrogen-bond donors (Lipinski definition) is 2. The summed E-state index contributed by atoms with van der Waals surface area (Å²) in [5.74, 6) is 0.0725. The zero-order chi connectivity index (χ0) is 21.0. The van der Waals surface area contributed by atoms with E-state index in [1.54, 1.807) is 19.2 Å². The van der Waals surface area contributed by atoms with E-state index in [1.807, 2.05) is 6.92 Å². The number of carbonyl (C=O) groups excluding carboxylic acids is 2. The van der Waals surface area contributed by atoms with Crippen molar-refractivity contribution < 1.29 is 22.7 Å². The first kappa shape index (κ1) is 20.7. The molecule has 2 aromatic carbocycles. The van der Waals surface area contributed by atoms with Crippen LogP contribution in [0.25, 0.3) is 0 Å². The van der Waals surface area contributed by atoms with E-state index in [0.717, 1.165) is 6.42 Å². The lowest BCUT2D eigenvalue weighted by Crippen LogP contribution is -2.27. The Morgan fingerprint density at radius 1 is 1.14 bits per heavy atom. The Morgan fingerprint density at radius 2 is 1.83 bits per heavy atom. The third-order valence-electron chi connectivity index (χ3n) is 4.42. The molecule has 2 aromatic rings. The van der Waals surface area contributed by atoms with Gasteiger partial charge in [0.15, 0.2) is 0 Å². The number of rotatable bonds is 6. The third kappa shape index (κ3) is 4.86. The second-order valence-electron chi connectivity index (χ2n) is 6.71. The Labute approximate surface area is 169 Å². The number of sulfonamides is 1. The molecule has 8 nitrogen and oxygen atoms in total. The molecule has 9 heteroatoms. The zero-order valence-electron chi connectivity index (χ0n) is 16.3. The first-order valence-electron chi connectivity index (χ1n) is 9.25. The van der Waals surface area contributed by atoms with E-state index in [9.17, 15) is 18.0 Å². The number of anilines is 2. The van der Waals surface area contributed by atoms with Crippen molar-refractivity contribution in [1.29, 1.82) is 0 Å². The molecule has 154 valence electrons. The summed E-state index contributed by atoms with van der Waals surface area (Å²) >= 11 is 0. The average Bonchev–Trinajstić information content (AvgIpc) is 2.81. The van der Waals surface area contributed by atoms with Crippen LogP contribution in [0.5, 0.6) is 5.75 Å². The molecule has 29 heavy (non-hydrogen) atoms. The van der Waals surface area contributed by atoms with Crippen molar-refractivity contribution in [3.8, 4) is 5.75 Å². The van der Waals surface area contributed by atoms with Crippen molar-refractivity contribution in [1.82, 2.24) is 4.90 Å². The molecule has 2 N–H and O–H groups in total. The van der Waals surface area contributed by atoms with Crippen molar-refractivity contribution in [2.45, 2.75) is 24.7 Å². The molecule has 3 rings (SSSR count). The third-order valence-corrected chi connectivity index (χ3v) is 5.82. The van der Waals surface area contributed by atoms with E-state index in [-0.39, 0.29) is 22.4 Å². The molecule has 0 aromatic heterocycles. The van der Waals surface area contributed by atoms with Crippen molar-refractivity contribution in [2.75, 3.05) is 30.2 Å². The summed E-state index contributed by atoms with van der Waals surface area (Å²) in [5.41, 5.74) is 1.09. The Bertz CT molecular complexity index is 1020. The number of carbonyl (C=O) groups is 2. The van der Waals surface area contributed by atoms with Crippen LogP contribution in [0.15, 0.2) is 47.4 Å². The van der Waals surface area contributed by atoms with Crippen LogP contribution in [0.3, 0.4) is 0 Å². The second-order valence-corrected chi connectivity index (χ2v) is 8.40. The van der Waals surface area contributed by atoms with Crippen LogP contribution < -0.4 is 14.8 Å². The lowest BCUT2D eigenvalue weighted by Gasteiger charge is -2.14. The maximum Gasteiger partial charge on any atom is 0.261 e. The first-order chi connectivity index (χ1) is 13.8. The molecule has 1 aliphatic rings. The lowest BCUT2D eigenvalue weighted by molar-refractivity contribution is -0.116. The lowest BCUT2D eigenvalue weighted by atomic mass is 10.1. The number of amides is 2. The molecule has 0 saturated heterocycles. The van der Waals surface area contributed by atoms with Crippen LogP contribution >= 0.6 is 0 Å². The van der Waals surface area contributed by atoms with Gasteiger partial charge in [-0.1, -0.05) is 6.92 Å². The Hall–Kier alpha value is -3.07. The van der Waals surface area contributed by atoms with Gasteiger partial charge in [0.25, 0.3) is 15.9 Å². The molecular weight excluding hydrogens is 394 g/mol. The minimum Gasteiger partial charge on any atom is -0.491 e. The summed E-state index contributed by atoms with van der Waals surface area (Å²) in [4.78, 5) is 25.6. The summed E-state index contributed by atoms with van der Waals surface area (Å²) in [5, 5.41) is 2.71. The van der Waals surface area contributed by atoms with E-state index in [2.05, 4.69) is 10.0 Å². The molecule has 0 bridgehead atoms. The van der Waals surface area contributed by atoms with Crippen molar-refractivity contribution >= 4 is 33.2 Å². The molecule has 1 aliphatic heterocycles. The first-order valence-corrected chi connectivity index (χ1v) is 10.7. The predicted molar refractivity (Wildman–Crippen MR) is 110 cm³/mol. The topological polar surface area (TPSA) is 105 Å². The highest BCUT2D eigenvalue weighted by molar-refractivity contribution is 7.92. The standard InChI is InChI=1S/C20H23N3O5S/c1-3-4-19(24)21-14-5-8-16(9-6-14)29(26,27)22-15-7-10-18-17(13-15)20(25)23(2)11-12-28-18/h5-10,13,22H,3-4,11-12H2,1-2H3,(H,21,24). The SMILES string of the molecule is CCCC(=O)Nc1ccc(S(=O)(=O)Nc2ccc3c(c2)C(=O)N(C)CCO3)cc1. The van der Waals surface area contributed by atoms with Gasteiger partial charge in [0, 0.05) is 24.8 Å². The van der Waals surface area contributed by atoms with Gasteiger partial charge in [-0.2, -0.15) is 0 Å². The molecule has 2 amide bonds. The second kappa shape index (κ2) is 8.52. The monoisotopic (exact) mass is 417 g/mol. The minimum absolute atomic E-state index is 0.0422. The normalized spacial score (nSPS) is 13.9. The number of fused-ring (bicyclic) bond motifs is 1. The van der Waals surface area contributed by atoms with Crippen LogP contribution in [-0.2, 0) is 14.8 Å². The predicted octanol–water partition coefficient (Wildman–Crippen LogP) is 2.69. The van der Waals surface area contributed by atoms with Crippen LogP contribution in [-0.4, -0.2) is 45.3 Å². The largest absolute Gasteiger partial charge is 0.491 e. The molecule has 0 atom stereocenters. The van der Waals surface area contributed by atoms with Gasteiger partial charge in [-0.05, 0) is 48.9 Å². The summed E-state index contributed by atoms with van der Waals surface area (Å²) in [6.07, 6.45) is 1.13. The number of nitrogens with zero attached hydrogens (tertiary/aromatic N) is 1. The van der Waals surface area contributed by atoms with Crippen LogP contribution in [0.2, 0.25) is 0 Å². The van der Waals surface area contributed by atoms with Gasteiger partial charge in [-0.25, -0.2) is 8.42 Å². The number of ether oxygens (including phenoxy) is 1. The molecular formula is C20H23N3O5S. The smallest absolute Gasteiger partial charge is 0.261 e. The summed E-state index contributed by atoms with van der Waals surface area (Å²) in [7, 11) is -2.20. The van der Waals surface area contributed by atoms with E-state index >= 15 is 0 Å². The summed E-state index contributed by atoms with van der Waals surface area (Å²) < 4.78 is 33.4. The van der Waals surface area contributed by atoms with Gasteiger partial charge in [0.05, 0.1) is 17.0 Å². The fourth-order valence-electron chi connectivity index (χ4n) is 2.87. The molecule has 0 radical (unpaired) electrons. The molecule has 1 heterocycles. The van der Waals surface area contributed by atoms with E-state index in [1.165, 1.54) is 35.2 Å². The fourth-order valence-corrected chi connectivity index (χ4v) is 3.92. The van der Waals surface area contributed by atoms with Gasteiger partial charge in [-0.15, -0.1) is 0 Å². The minimum atomic E-state index is -3.86. The van der Waals surface area contributed by atoms with Gasteiger partial charge in [0.2, 0.25) is 5.91 Å². The number of benzene rings is 2. The zero-order valence-corrected chi connectivity index (χ0v) is 17.1. The van der Waals surface area contributed by atoms with Crippen LogP contribution in [0.1, 0.15) is 30.1 Å². The molecule has 0 saturated carbocycles. The van der Waals surface area contributed by atoms with Crippen LogP contribution in [0.4, 0.5) is 11.4 Å². The van der Waals surface area contributed by atoms with Crippen molar-refractivity contribution in [3.63, 3.8) is 0 Å². The summed E-state index contributed by atoms with van der Waals surface area (Å²) in [6.45, 7) is 2.73. The Balaban J connectivity index is 1.78. The van der Waals surface area contributed by atoms with Crippen LogP contribution in [0, 0.1) is 0 Å². The molecule has 0 aliphatic carbocycles. The van der Waals surface area contributed by atoms with E-state index in [4.69, 9.17) is 4.74 Å². The maximum atomic E-state index is 12.7. The fraction of sp³-hybridized carbons (Fsp3) is 0.300. The van der Waals surface area contributed by atoms with Gasteiger partial charge < -0.3 is 15.0 Å². The quantitative estimate of drug-likeness (QED) is 0.752. The van der Waals surface area contributed by atoms with E-state index < -0.39 is 10.0 Å². The van der Waals surface area contributed by atoms with Gasteiger partial charge in [-0.3, -0.25) is 14.3 Å². The maximum absolute atomic E-state index is 12.7.